The Morgan fingerprint density at radius 3 is 2.40 bits per heavy atom. The molecule has 1 atom stereocenters. The van der Waals surface area contributed by atoms with E-state index in [-0.39, 0.29) is 24.3 Å². The molecule has 3 rings (SSSR count). The number of benzene rings is 2. The highest BCUT2D eigenvalue weighted by Crippen LogP contribution is 2.19. The molecule has 2 aromatic rings. The zero-order chi connectivity index (χ0) is 21.3. The summed E-state index contributed by atoms with van der Waals surface area (Å²) in [6.07, 6.45) is 5.38. The minimum Gasteiger partial charge on any atom is -0.352 e. The molecule has 0 aromatic heterocycles. The quantitative estimate of drug-likeness (QED) is 0.671. The average molecular weight is 411 g/mol. The van der Waals surface area contributed by atoms with Crippen LogP contribution in [0.4, 0.5) is 4.39 Å². The van der Waals surface area contributed by atoms with E-state index in [1.165, 1.54) is 6.07 Å². The standard InChI is InChI=1S/C25H31FN2O2/c1-2-23(25(30)27-21-13-7-8-14-21)28(17-16-19-10-4-3-5-11-19)24(29)18-20-12-6-9-15-22(20)26/h3-6,9-12,15,21,23H,2,7-8,13-14,16-18H2,1H3,(H,27,30)/t23-/m0/s1. The van der Waals surface area contributed by atoms with Gasteiger partial charge in [0, 0.05) is 12.6 Å². The van der Waals surface area contributed by atoms with E-state index >= 15 is 0 Å². The van der Waals surface area contributed by atoms with Crippen LogP contribution in [0.3, 0.4) is 0 Å². The molecule has 4 nitrogen and oxygen atoms in total. The summed E-state index contributed by atoms with van der Waals surface area (Å²) in [4.78, 5) is 27.9. The maximum Gasteiger partial charge on any atom is 0.243 e. The van der Waals surface area contributed by atoms with Gasteiger partial charge in [0.05, 0.1) is 6.42 Å². The second-order valence-corrected chi connectivity index (χ2v) is 8.00. The van der Waals surface area contributed by atoms with Gasteiger partial charge in [0.25, 0.3) is 0 Å². The highest BCUT2D eigenvalue weighted by molar-refractivity contribution is 5.88. The first kappa shape index (κ1) is 22.0. The molecule has 0 bridgehead atoms. The SMILES string of the molecule is CC[C@@H](C(=O)NC1CCCC1)N(CCc1ccccc1)C(=O)Cc1ccccc1F. The zero-order valence-electron chi connectivity index (χ0n) is 17.6. The number of hydrogen-bond acceptors (Lipinski definition) is 2. The van der Waals surface area contributed by atoms with Crippen LogP contribution < -0.4 is 5.32 Å². The van der Waals surface area contributed by atoms with Crippen LogP contribution in [0.2, 0.25) is 0 Å². The highest BCUT2D eigenvalue weighted by Gasteiger charge is 2.30. The summed E-state index contributed by atoms with van der Waals surface area (Å²) in [6, 6.07) is 15.9. The van der Waals surface area contributed by atoms with Gasteiger partial charge in [0.1, 0.15) is 11.9 Å². The maximum absolute atomic E-state index is 14.1. The van der Waals surface area contributed by atoms with Gasteiger partial charge in [-0.25, -0.2) is 4.39 Å². The molecule has 2 aromatic carbocycles. The van der Waals surface area contributed by atoms with Gasteiger partial charge in [0.2, 0.25) is 11.8 Å². The van der Waals surface area contributed by atoms with Crippen molar-refractivity contribution in [3.63, 3.8) is 0 Å². The van der Waals surface area contributed by atoms with Gasteiger partial charge in [-0.3, -0.25) is 9.59 Å². The Kier molecular flexibility index (Phi) is 8.00. The Hall–Kier alpha value is -2.69. The van der Waals surface area contributed by atoms with Crippen molar-refractivity contribution < 1.29 is 14.0 Å². The lowest BCUT2D eigenvalue weighted by atomic mass is 10.1. The molecule has 0 saturated heterocycles. The number of carbonyl (C=O) groups is 2. The maximum atomic E-state index is 14.1. The van der Waals surface area contributed by atoms with Gasteiger partial charge in [0.15, 0.2) is 0 Å². The van der Waals surface area contributed by atoms with Crippen LogP contribution in [-0.4, -0.2) is 35.3 Å². The third-order valence-corrected chi connectivity index (χ3v) is 5.87. The molecule has 0 unspecified atom stereocenters. The Balaban J connectivity index is 1.76. The topological polar surface area (TPSA) is 49.4 Å². The smallest absolute Gasteiger partial charge is 0.243 e. The van der Waals surface area contributed by atoms with Crippen LogP contribution in [0.5, 0.6) is 0 Å². The van der Waals surface area contributed by atoms with Crippen molar-refractivity contribution in [3.8, 4) is 0 Å². The molecule has 1 aliphatic carbocycles. The van der Waals surface area contributed by atoms with Crippen LogP contribution in [-0.2, 0) is 22.4 Å². The van der Waals surface area contributed by atoms with E-state index in [1.807, 2.05) is 37.3 Å². The molecule has 1 fully saturated rings. The summed E-state index contributed by atoms with van der Waals surface area (Å²) >= 11 is 0. The fraction of sp³-hybridized carbons (Fsp3) is 0.440. The molecule has 5 heteroatoms. The number of nitrogens with zero attached hydrogens (tertiary/aromatic N) is 1. The van der Waals surface area contributed by atoms with Crippen molar-refractivity contribution in [3.05, 3.63) is 71.5 Å². The minimum absolute atomic E-state index is 0.0470. The predicted molar refractivity (Wildman–Crippen MR) is 116 cm³/mol. The molecule has 0 aliphatic heterocycles. The van der Waals surface area contributed by atoms with Crippen molar-refractivity contribution in [2.24, 2.45) is 0 Å². The van der Waals surface area contributed by atoms with E-state index in [1.54, 1.807) is 23.1 Å². The Labute approximate surface area is 178 Å². The van der Waals surface area contributed by atoms with Crippen molar-refractivity contribution in [2.45, 2.75) is 64.0 Å². The van der Waals surface area contributed by atoms with E-state index in [0.29, 0.717) is 24.9 Å². The van der Waals surface area contributed by atoms with Gasteiger partial charge < -0.3 is 10.2 Å². The molecular weight excluding hydrogens is 379 g/mol. The minimum atomic E-state index is -0.548. The first-order chi connectivity index (χ1) is 14.6. The van der Waals surface area contributed by atoms with Crippen LogP contribution in [0.1, 0.15) is 50.2 Å². The Morgan fingerprint density at radius 1 is 1.07 bits per heavy atom. The molecule has 0 spiro atoms. The second kappa shape index (κ2) is 10.9. The number of hydrogen-bond donors (Lipinski definition) is 1. The summed E-state index contributed by atoms with van der Waals surface area (Å²) in [6.45, 7) is 2.35. The van der Waals surface area contributed by atoms with Gasteiger partial charge in [-0.15, -0.1) is 0 Å². The molecule has 2 amide bonds. The molecule has 1 aliphatic rings. The normalized spacial score (nSPS) is 15.0. The molecule has 1 saturated carbocycles. The molecule has 30 heavy (non-hydrogen) atoms. The first-order valence-corrected chi connectivity index (χ1v) is 11.0. The Morgan fingerprint density at radius 2 is 1.73 bits per heavy atom. The summed E-state index contributed by atoms with van der Waals surface area (Å²) in [5.41, 5.74) is 1.46. The van der Waals surface area contributed by atoms with Crippen LogP contribution in [0.25, 0.3) is 0 Å². The fourth-order valence-corrected chi connectivity index (χ4v) is 4.17. The summed E-state index contributed by atoms with van der Waals surface area (Å²) < 4.78 is 14.1. The van der Waals surface area contributed by atoms with Crippen LogP contribution >= 0.6 is 0 Å². The van der Waals surface area contributed by atoms with Crippen molar-refractivity contribution in [2.75, 3.05) is 6.54 Å². The van der Waals surface area contributed by atoms with Crippen LogP contribution in [0.15, 0.2) is 54.6 Å². The molecule has 0 heterocycles. The van der Waals surface area contributed by atoms with Crippen molar-refractivity contribution >= 4 is 11.8 Å². The lowest BCUT2D eigenvalue weighted by Gasteiger charge is -2.31. The van der Waals surface area contributed by atoms with Gasteiger partial charge in [-0.1, -0.05) is 68.3 Å². The molecule has 1 N–H and O–H groups in total. The summed E-state index contributed by atoms with van der Waals surface area (Å²) in [5, 5.41) is 3.13. The molecule has 160 valence electrons. The van der Waals surface area contributed by atoms with E-state index in [0.717, 1.165) is 31.2 Å². The average Bonchev–Trinajstić information content (AvgIpc) is 3.26. The Bertz CT molecular complexity index is 834. The highest BCUT2D eigenvalue weighted by atomic mass is 19.1. The summed E-state index contributed by atoms with van der Waals surface area (Å²) in [7, 11) is 0. The third-order valence-electron chi connectivity index (χ3n) is 5.87. The zero-order valence-corrected chi connectivity index (χ0v) is 17.6. The van der Waals surface area contributed by atoms with E-state index in [4.69, 9.17) is 0 Å². The summed E-state index contributed by atoms with van der Waals surface area (Å²) in [5.74, 6) is -0.707. The predicted octanol–water partition coefficient (Wildman–Crippen LogP) is 4.28. The van der Waals surface area contributed by atoms with Crippen molar-refractivity contribution in [1.29, 1.82) is 0 Å². The number of amides is 2. The fourth-order valence-electron chi connectivity index (χ4n) is 4.17. The number of rotatable bonds is 9. The first-order valence-electron chi connectivity index (χ1n) is 11.0. The second-order valence-electron chi connectivity index (χ2n) is 8.00. The van der Waals surface area contributed by atoms with Gasteiger partial charge >= 0.3 is 0 Å². The third kappa shape index (κ3) is 5.91. The lowest BCUT2D eigenvalue weighted by Crippen LogP contribution is -2.52. The van der Waals surface area contributed by atoms with Gasteiger partial charge in [-0.2, -0.15) is 0 Å². The van der Waals surface area contributed by atoms with Crippen molar-refractivity contribution in [1.82, 2.24) is 10.2 Å². The monoisotopic (exact) mass is 410 g/mol. The van der Waals surface area contributed by atoms with E-state index in [9.17, 15) is 14.0 Å². The van der Waals surface area contributed by atoms with E-state index in [2.05, 4.69) is 5.32 Å². The number of nitrogens with one attached hydrogen (secondary N) is 1. The number of carbonyl (C=O) groups excluding carboxylic acids is 2. The number of halogens is 1. The molecular formula is C25H31FN2O2. The lowest BCUT2D eigenvalue weighted by molar-refractivity contribution is -0.140. The van der Waals surface area contributed by atoms with Crippen LogP contribution in [0, 0.1) is 5.82 Å². The molecule has 0 radical (unpaired) electrons. The van der Waals surface area contributed by atoms with Gasteiger partial charge in [-0.05, 0) is 42.9 Å². The largest absolute Gasteiger partial charge is 0.352 e. The van der Waals surface area contributed by atoms with E-state index < -0.39 is 11.9 Å².